The Morgan fingerprint density at radius 2 is 1.62 bits per heavy atom. The Bertz CT molecular complexity index is 667. The van der Waals surface area contributed by atoms with Crippen LogP contribution in [0.1, 0.15) is 12.0 Å². The minimum absolute atomic E-state index is 0.352. The van der Waals surface area contributed by atoms with Gasteiger partial charge < -0.3 is 14.4 Å². The molecule has 2 aromatic rings. The molecule has 1 saturated heterocycles. The van der Waals surface area contributed by atoms with E-state index < -0.39 is 0 Å². The second-order valence-electron chi connectivity index (χ2n) is 6.46. The molecule has 0 atom stereocenters. The van der Waals surface area contributed by atoms with Gasteiger partial charge in [0.05, 0.1) is 0 Å². The van der Waals surface area contributed by atoms with Crippen LogP contribution < -0.4 is 14.4 Å². The number of ether oxygens (including phenoxy) is 2. The zero-order valence-corrected chi connectivity index (χ0v) is 14.0. The smallest absolute Gasteiger partial charge is 0.231 e. The average molecular weight is 324 g/mol. The lowest BCUT2D eigenvalue weighted by atomic mass is 10.1. The average Bonchev–Trinajstić information content (AvgIpc) is 3.11. The summed E-state index contributed by atoms with van der Waals surface area (Å²) >= 11 is 0. The Morgan fingerprint density at radius 1 is 0.833 bits per heavy atom. The third-order valence-corrected chi connectivity index (χ3v) is 4.87. The van der Waals surface area contributed by atoms with E-state index in [0.29, 0.717) is 6.79 Å². The molecule has 0 unspecified atom stereocenters. The van der Waals surface area contributed by atoms with Crippen LogP contribution in [0.2, 0.25) is 0 Å². The van der Waals surface area contributed by atoms with Crippen molar-refractivity contribution < 1.29 is 9.47 Å². The van der Waals surface area contributed by atoms with Crippen molar-refractivity contribution in [2.75, 3.05) is 44.4 Å². The molecule has 4 heteroatoms. The molecular formula is C20H24N2O2. The molecule has 0 aromatic heterocycles. The molecule has 0 bridgehead atoms. The van der Waals surface area contributed by atoms with Gasteiger partial charge in [-0.15, -0.1) is 0 Å². The van der Waals surface area contributed by atoms with Crippen LogP contribution in [0.4, 0.5) is 5.69 Å². The molecule has 2 aromatic carbocycles. The first-order valence-corrected chi connectivity index (χ1v) is 8.79. The third kappa shape index (κ3) is 3.49. The van der Waals surface area contributed by atoms with Crippen molar-refractivity contribution in [1.29, 1.82) is 0 Å². The summed E-state index contributed by atoms with van der Waals surface area (Å²) in [5.74, 6) is 1.76. The largest absolute Gasteiger partial charge is 0.454 e. The van der Waals surface area contributed by atoms with E-state index in [9.17, 15) is 0 Å². The predicted molar refractivity (Wildman–Crippen MR) is 96.0 cm³/mol. The lowest BCUT2D eigenvalue weighted by molar-refractivity contribution is 0.174. The third-order valence-electron chi connectivity index (χ3n) is 4.87. The van der Waals surface area contributed by atoms with Gasteiger partial charge in [-0.3, -0.25) is 4.90 Å². The summed E-state index contributed by atoms with van der Waals surface area (Å²) in [5.41, 5.74) is 2.68. The molecule has 24 heavy (non-hydrogen) atoms. The zero-order valence-electron chi connectivity index (χ0n) is 14.0. The van der Waals surface area contributed by atoms with Crippen molar-refractivity contribution in [1.82, 2.24) is 4.90 Å². The molecule has 0 saturated carbocycles. The van der Waals surface area contributed by atoms with Crippen LogP contribution in [0.3, 0.4) is 0 Å². The topological polar surface area (TPSA) is 24.9 Å². The summed E-state index contributed by atoms with van der Waals surface area (Å²) in [7, 11) is 0. The van der Waals surface area contributed by atoms with E-state index in [-0.39, 0.29) is 0 Å². The number of para-hydroxylation sites is 1. The van der Waals surface area contributed by atoms with Gasteiger partial charge in [0, 0.05) is 31.9 Å². The van der Waals surface area contributed by atoms with Crippen molar-refractivity contribution >= 4 is 5.69 Å². The fourth-order valence-electron chi connectivity index (χ4n) is 3.47. The summed E-state index contributed by atoms with van der Waals surface area (Å²) in [6.45, 7) is 6.05. The second kappa shape index (κ2) is 7.14. The van der Waals surface area contributed by atoms with Crippen LogP contribution in [0.25, 0.3) is 0 Å². The minimum Gasteiger partial charge on any atom is -0.454 e. The summed E-state index contributed by atoms with van der Waals surface area (Å²) in [5, 5.41) is 0. The number of nitrogens with zero attached hydrogens (tertiary/aromatic N) is 2. The molecule has 0 N–H and O–H groups in total. The molecule has 2 aliphatic rings. The highest BCUT2D eigenvalue weighted by Crippen LogP contribution is 2.32. The van der Waals surface area contributed by atoms with Gasteiger partial charge in [0.15, 0.2) is 11.5 Å². The van der Waals surface area contributed by atoms with E-state index >= 15 is 0 Å². The first-order valence-electron chi connectivity index (χ1n) is 8.79. The highest BCUT2D eigenvalue weighted by molar-refractivity contribution is 5.46. The molecule has 4 rings (SSSR count). The monoisotopic (exact) mass is 324 g/mol. The highest BCUT2D eigenvalue weighted by atomic mass is 16.7. The van der Waals surface area contributed by atoms with Gasteiger partial charge in [0.1, 0.15) is 0 Å². The molecule has 2 heterocycles. The van der Waals surface area contributed by atoms with Crippen LogP contribution in [0.15, 0.2) is 48.5 Å². The lowest BCUT2D eigenvalue weighted by Gasteiger charge is -2.36. The Morgan fingerprint density at radius 3 is 2.46 bits per heavy atom. The number of rotatable bonds is 5. The number of hydrogen-bond acceptors (Lipinski definition) is 4. The van der Waals surface area contributed by atoms with E-state index in [4.69, 9.17) is 9.47 Å². The van der Waals surface area contributed by atoms with Crippen LogP contribution in [0, 0.1) is 0 Å². The number of benzene rings is 2. The van der Waals surface area contributed by atoms with Crippen LogP contribution in [-0.2, 0) is 6.42 Å². The van der Waals surface area contributed by atoms with Gasteiger partial charge in [0.25, 0.3) is 0 Å². The molecular weight excluding hydrogens is 300 g/mol. The van der Waals surface area contributed by atoms with Crippen molar-refractivity contribution in [2.24, 2.45) is 0 Å². The Hall–Kier alpha value is -2.20. The maximum atomic E-state index is 5.45. The molecule has 2 aliphatic heterocycles. The molecule has 1 fully saturated rings. The van der Waals surface area contributed by atoms with E-state index in [2.05, 4.69) is 52.3 Å². The highest BCUT2D eigenvalue weighted by Gasteiger charge is 2.17. The lowest BCUT2D eigenvalue weighted by Crippen LogP contribution is -2.46. The van der Waals surface area contributed by atoms with Crippen molar-refractivity contribution in [3.63, 3.8) is 0 Å². The number of piperazine rings is 1. The van der Waals surface area contributed by atoms with E-state index in [1.165, 1.54) is 17.7 Å². The number of aryl methyl sites for hydroxylation is 1. The van der Waals surface area contributed by atoms with Gasteiger partial charge in [-0.25, -0.2) is 0 Å². The van der Waals surface area contributed by atoms with E-state index in [0.717, 1.165) is 50.6 Å². The van der Waals surface area contributed by atoms with Gasteiger partial charge in [-0.1, -0.05) is 24.3 Å². The summed E-state index contributed by atoms with van der Waals surface area (Å²) < 4.78 is 10.8. The van der Waals surface area contributed by atoms with Crippen molar-refractivity contribution in [3.8, 4) is 11.5 Å². The SMILES string of the molecule is c1ccc(N2CCN(CCCc3ccc4c(c3)OCO4)CC2)cc1. The van der Waals surface area contributed by atoms with Crippen molar-refractivity contribution in [2.45, 2.75) is 12.8 Å². The first-order chi connectivity index (χ1) is 11.9. The summed E-state index contributed by atoms with van der Waals surface area (Å²) in [6, 6.07) is 17.0. The standard InChI is InChI=1S/C20H24N2O2/c1-2-6-18(7-3-1)22-13-11-21(12-14-22)10-4-5-17-8-9-19-20(15-17)24-16-23-19/h1-3,6-9,15H,4-5,10-14,16H2. The van der Waals surface area contributed by atoms with E-state index in [1.54, 1.807) is 0 Å². The fraction of sp³-hybridized carbons (Fsp3) is 0.400. The van der Waals surface area contributed by atoms with Gasteiger partial charge >= 0.3 is 0 Å². The number of anilines is 1. The molecule has 0 spiro atoms. The maximum absolute atomic E-state index is 5.45. The fourth-order valence-corrected chi connectivity index (χ4v) is 3.47. The van der Waals surface area contributed by atoms with Gasteiger partial charge in [-0.05, 0) is 49.2 Å². The minimum atomic E-state index is 0.352. The normalized spacial score (nSPS) is 17.2. The Labute approximate surface area is 143 Å². The van der Waals surface area contributed by atoms with Crippen LogP contribution in [0.5, 0.6) is 11.5 Å². The molecule has 126 valence electrons. The molecule has 4 nitrogen and oxygen atoms in total. The van der Waals surface area contributed by atoms with E-state index in [1.807, 2.05) is 6.07 Å². The molecule has 0 radical (unpaired) electrons. The first kappa shape index (κ1) is 15.3. The summed E-state index contributed by atoms with van der Waals surface area (Å²) in [4.78, 5) is 5.06. The van der Waals surface area contributed by atoms with Crippen LogP contribution in [-0.4, -0.2) is 44.4 Å². The predicted octanol–water partition coefficient (Wildman–Crippen LogP) is 3.17. The second-order valence-corrected chi connectivity index (χ2v) is 6.46. The van der Waals surface area contributed by atoms with Gasteiger partial charge in [-0.2, -0.15) is 0 Å². The Balaban J connectivity index is 1.22. The molecule has 0 amide bonds. The number of fused-ring (bicyclic) bond motifs is 1. The van der Waals surface area contributed by atoms with Gasteiger partial charge in [0.2, 0.25) is 6.79 Å². The zero-order chi connectivity index (χ0) is 16.2. The number of hydrogen-bond donors (Lipinski definition) is 0. The quantitative estimate of drug-likeness (QED) is 0.843. The van der Waals surface area contributed by atoms with Crippen molar-refractivity contribution in [3.05, 3.63) is 54.1 Å². The van der Waals surface area contributed by atoms with Crippen LogP contribution >= 0.6 is 0 Å². The molecule has 0 aliphatic carbocycles. The summed E-state index contributed by atoms with van der Waals surface area (Å²) in [6.07, 6.45) is 2.28. The Kier molecular flexibility index (Phi) is 4.56. The maximum Gasteiger partial charge on any atom is 0.231 e.